The van der Waals surface area contributed by atoms with E-state index in [0.29, 0.717) is 0 Å². The molecule has 0 unspecified atom stereocenters. The Labute approximate surface area is 121 Å². The lowest BCUT2D eigenvalue weighted by atomic mass is 10.1. The van der Waals surface area contributed by atoms with E-state index in [1.807, 2.05) is 18.4 Å². The van der Waals surface area contributed by atoms with Crippen LogP contribution >= 0.6 is 0 Å². The van der Waals surface area contributed by atoms with Crippen LogP contribution in [0.25, 0.3) is 11.0 Å². The summed E-state index contributed by atoms with van der Waals surface area (Å²) >= 11 is 0. The molecule has 3 rings (SSSR count). The molecular formula is C18H23NO. The molecular weight excluding hydrogens is 246 g/mol. The van der Waals surface area contributed by atoms with E-state index in [0.717, 1.165) is 24.6 Å². The van der Waals surface area contributed by atoms with Crippen molar-refractivity contribution in [3.8, 4) is 0 Å². The highest BCUT2D eigenvalue weighted by Gasteiger charge is 2.11. The third kappa shape index (κ3) is 3.13. The van der Waals surface area contributed by atoms with Gasteiger partial charge in [-0.2, -0.15) is 0 Å². The molecule has 0 atom stereocenters. The molecule has 0 amide bonds. The standard InChI is InChI=1S/C18H23NO/c1-19(12-6-9-15-7-2-3-8-15)13-16-14-20-18-11-5-4-10-17(16)18/h4-6,9-11,14-15H,2-3,7-8,12-13H2,1H3/b9-6+. The Kier molecular flexibility index (Phi) is 4.22. The van der Waals surface area contributed by atoms with Gasteiger partial charge in [-0.1, -0.05) is 43.2 Å². The molecule has 1 aromatic heterocycles. The van der Waals surface area contributed by atoms with Crippen LogP contribution in [0.1, 0.15) is 31.2 Å². The number of fused-ring (bicyclic) bond motifs is 1. The minimum absolute atomic E-state index is 0.832. The number of allylic oxidation sites excluding steroid dienone is 1. The Morgan fingerprint density at radius 2 is 2.05 bits per heavy atom. The number of hydrogen-bond acceptors (Lipinski definition) is 2. The van der Waals surface area contributed by atoms with Crippen molar-refractivity contribution in [3.05, 3.63) is 48.2 Å². The van der Waals surface area contributed by atoms with Crippen molar-refractivity contribution in [1.29, 1.82) is 0 Å². The van der Waals surface area contributed by atoms with Crippen LogP contribution in [-0.2, 0) is 6.54 Å². The number of para-hydroxylation sites is 1. The minimum atomic E-state index is 0.832. The molecule has 1 heterocycles. The largest absolute Gasteiger partial charge is 0.464 e. The maximum Gasteiger partial charge on any atom is 0.134 e. The molecule has 1 aliphatic rings. The summed E-state index contributed by atoms with van der Waals surface area (Å²) in [5.74, 6) is 0.832. The molecule has 0 N–H and O–H groups in total. The first-order valence-corrected chi connectivity index (χ1v) is 7.63. The molecule has 2 aromatic rings. The lowest BCUT2D eigenvalue weighted by Gasteiger charge is -2.13. The Morgan fingerprint density at radius 3 is 2.90 bits per heavy atom. The Hall–Kier alpha value is -1.54. The number of benzene rings is 1. The summed E-state index contributed by atoms with van der Waals surface area (Å²) in [4.78, 5) is 2.34. The predicted molar refractivity (Wildman–Crippen MR) is 83.6 cm³/mol. The van der Waals surface area contributed by atoms with Gasteiger partial charge in [-0.15, -0.1) is 0 Å². The van der Waals surface area contributed by atoms with Gasteiger partial charge in [0.2, 0.25) is 0 Å². The number of rotatable bonds is 5. The second kappa shape index (κ2) is 6.27. The topological polar surface area (TPSA) is 16.4 Å². The van der Waals surface area contributed by atoms with Gasteiger partial charge in [-0.05, 0) is 31.9 Å². The second-order valence-electron chi connectivity index (χ2n) is 5.93. The lowest BCUT2D eigenvalue weighted by molar-refractivity contribution is 0.362. The molecule has 1 aromatic carbocycles. The Bertz CT molecular complexity index is 578. The van der Waals surface area contributed by atoms with Crippen molar-refractivity contribution in [2.45, 2.75) is 32.2 Å². The lowest BCUT2D eigenvalue weighted by Crippen LogP contribution is -2.17. The average Bonchev–Trinajstić information content (AvgIpc) is 3.09. The first-order valence-electron chi connectivity index (χ1n) is 7.63. The fraction of sp³-hybridized carbons (Fsp3) is 0.444. The SMILES string of the molecule is CN(C/C=C/C1CCCC1)Cc1coc2ccccc12. The maximum absolute atomic E-state index is 5.59. The van der Waals surface area contributed by atoms with E-state index in [1.165, 1.54) is 36.6 Å². The van der Waals surface area contributed by atoms with Crippen molar-refractivity contribution in [2.75, 3.05) is 13.6 Å². The summed E-state index contributed by atoms with van der Waals surface area (Å²) in [5.41, 5.74) is 2.26. The zero-order valence-corrected chi connectivity index (χ0v) is 12.2. The van der Waals surface area contributed by atoms with E-state index in [4.69, 9.17) is 4.42 Å². The summed E-state index contributed by atoms with van der Waals surface area (Å²) in [7, 11) is 2.17. The third-order valence-corrected chi connectivity index (χ3v) is 4.23. The fourth-order valence-electron chi connectivity index (χ4n) is 3.09. The molecule has 0 spiro atoms. The van der Waals surface area contributed by atoms with E-state index in [1.54, 1.807) is 0 Å². The molecule has 0 bridgehead atoms. The number of likely N-dealkylation sites (N-methyl/N-ethyl adjacent to an activating group) is 1. The smallest absolute Gasteiger partial charge is 0.134 e. The van der Waals surface area contributed by atoms with E-state index in [9.17, 15) is 0 Å². The van der Waals surface area contributed by atoms with Crippen LogP contribution in [0.15, 0.2) is 47.1 Å². The van der Waals surface area contributed by atoms with Crippen molar-refractivity contribution in [3.63, 3.8) is 0 Å². The van der Waals surface area contributed by atoms with Crippen molar-refractivity contribution in [2.24, 2.45) is 5.92 Å². The summed E-state index contributed by atoms with van der Waals surface area (Å²) in [6.45, 7) is 1.95. The monoisotopic (exact) mass is 269 g/mol. The molecule has 0 radical (unpaired) electrons. The number of nitrogens with zero attached hydrogens (tertiary/aromatic N) is 1. The normalized spacial score (nSPS) is 16.9. The fourth-order valence-corrected chi connectivity index (χ4v) is 3.09. The van der Waals surface area contributed by atoms with Crippen molar-refractivity contribution < 1.29 is 4.42 Å². The van der Waals surface area contributed by atoms with E-state index < -0.39 is 0 Å². The summed E-state index contributed by atoms with van der Waals surface area (Å²) < 4.78 is 5.59. The van der Waals surface area contributed by atoms with Gasteiger partial charge >= 0.3 is 0 Å². The van der Waals surface area contributed by atoms with Crippen LogP contribution in [0.5, 0.6) is 0 Å². The molecule has 2 nitrogen and oxygen atoms in total. The highest BCUT2D eigenvalue weighted by molar-refractivity contribution is 5.80. The summed E-state index contributed by atoms with van der Waals surface area (Å²) in [6, 6.07) is 8.25. The zero-order valence-electron chi connectivity index (χ0n) is 12.2. The van der Waals surface area contributed by atoms with Gasteiger partial charge in [-0.25, -0.2) is 0 Å². The number of furan rings is 1. The summed E-state index contributed by atoms with van der Waals surface area (Å²) in [6.07, 6.45) is 12.2. The van der Waals surface area contributed by atoms with Crippen molar-refractivity contribution in [1.82, 2.24) is 4.90 Å². The van der Waals surface area contributed by atoms with Crippen molar-refractivity contribution >= 4 is 11.0 Å². The highest BCUT2D eigenvalue weighted by Crippen LogP contribution is 2.25. The van der Waals surface area contributed by atoms with Crippen LogP contribution in [0.3, 0.4) is 0 Å². The zero-order chi connectivity index (χ0) is 13.8. The van der Waals surface area contributed by atoms with Crippen LogP contribution in [0.2, 0.25) is 0 Å². The van der Waals surface area contributed by atoms with Crippen LogP contribution < -0.4 is 0 Å². The van der Waals surface area contributed by atoms with Gasteiger partial charge in [-0.3, -0.25) is 4.90 Å². The summed E-state index contributed by atoms with van der Waals surface area (Å²) in [5, 5.41) is 1.24. The number of hydrogen-bond donors (Lipinski definition) is 0. The van der Waals surface area contributed by atoms with Gasteiger partial charge in [0.1, 0.15) is 5.58 Å². The quantitative estimate of drug-likeness (QED) is 0.737. The van der Waals surface area contributed by atoms with Gasteiger partial charge in [0.25, 0.3) is 0 Å². The van der Waals surface area contributed by atoms with Gasteiger partial charge in [0.15, 0.2) is 0 Å². The molecule has 1 fully saturated rings. The molecule has 106 valence electrons. The molecule has 0 aliphatic heterocycles. The Morgan fingerprint density at radius 1 is 1.25 bits per heavy atom. The molecule has 2 heteroatoms. The van der Waals surface area contributed by atoms with Gasteiger partial charge < -0.3 is 4.42 Å². The van der Waals surface area contributed by atoms with E-state index in [-0.39, 0.29) is 0 Å². The highest BCUT2D eigenvalue weighted by atomic mass is 16.3. The van der Waals surface area contributed by atoms with E-state index >= 15 is 0 Å². The first kappa shape index (κ1) is 13.4. The first-order chi connectivity index (χ1) is 9.83. The van der Waals surface area contributed by atoms with E-state index in [2.05, 4.69) is 36.2 Å². The predicted octanol–water partition coefficient (Wildman–Crippen LogP) is 4.61. The van der Waals surface area contributed by atoms with Crippen LogP contribution in [0, 0.1) is 5.92 Å². The molecule has 20 heavy (non-hydrogen) atoms. The Balaban J connectivity index is 1.57. The minimum Gasteiger partial charge on any atom is -0.464 e. The molecule has 1 aliphatic carbocycles. The van der Waals surface area contributed by atoms with Crippen LogP contribution in [-0.4, -0.2) is 18.5 Å². The third-order valence-electron chi connectivity index (χ3n) is 4.23. The second-order valence-corrected chi connectivity index (χ2v) is 5.93. The molecule has 0 saturated heterocycles. The van der Waals surface area contributed by atoms with Gasteiger partial charge in [0.05, 0.1) is 6.26 Å². The van der Waals surface area contributed by atoms with Crippen LogP contribution in [0.4, 0.5) is 0 Å². The average molecular weight is 269 g/mol. The molecule has 1 saturated carbocycles. The maximum atomic E-state index is 5.59. The van der Waals surface area contributed by atoms with Gasteiger partial charge in [0, 0.05) is 24.0 Å².